The highest BCUT2D eigenvalue weighted by Crippen LogP contribution is 2.29. The van der Waals surface area contributed by atoms with Gasteiger partial charge in [-0.2, -0.15) is 0 Å². The van der Waals surface area contributed by atoms with Crippen molar-refractivity contribution in [2.24, 2.45) is 5.92 Å². The van der Waals surface area contributed by atoms with Crippen LogP contribution in [0.1, 0.15) is 39.0 Å². The molecule has 90 valence electrons. The van der Waals surface area contributed by atoms with Gasteiger partial charge in [-0.15, -0.1) is 11.8 Å². The normalized spacial score (nSPS) is 22.3. The van der Waals surface area contributed by atoms with Crippen LogP contribution in [0, 0.1) is 5.92 Å². The van der Waals surface area contributed by atoms with Gasteiger partial charge in [-0.1, -0.05) is 25.8 Å². The maximum absolute atomic E-state index is 12.1. The molecule has 0 spiro atoms. The summed E-state index contributed by atoms with van der Waals surface area (Å²) in [5.74, 6) is 2.24. The number of carbonyl (C=O) groups is 1. The Labute approximate surface area is 102 Å². The minimum absolute atomic E-state index is 0.289. The number of rotatable bonds is 3. The standard InChI is InChI=1S/C13H21NOS/c1-2-4-11-6-8-14(9-7-11)13(15)12-5-3-10-16-12/h5,11H,2-4,6-10H2,1H3. The molecule has 2 rings (SSSR count). The first-order valence-corrected chi connectivity index (χ1v) is 7.42. The SMILES string of the molecule is CCCC1CCN(C(=O)C2=CCCS2)CC1. The summed E-state index contributed by atoms with van der Waals surface area (Å²) >= 11 is 1.73. The molecule has 3 heteroatoms. The zero-order valence-corrected chi connectivity index (χ0v) is 10.9. The predicted octanol–water partition coefficient (Wildman–Crippen LogP) is 3.05. The summed E-state index contributed by atoms with van der Waals surface area (Å²) in [5.41, 5.74) is 0. The molecule has 0 radical (unpaired) electrons. The average molecular weight is 239 g/mol. The highest BCUT2D eigenvalue weighted by molar-refractivity contribution is 8.04. The molecule has 0 saturated carbocycles. The number of thioether (sulfide) groups is 1. The number of allylic oxidation sites excluding steroid dienone is 1. The van der Waals surface area contributed by atoms with Crippen LogP contribution in [0.3, 0.4) is 0 Å². The van der Waals surface area contributed by atoms with E-state index >= 15 is 0 Å². The Morgan fingerprint density at radius 1 is 1.50 bits per heavy atom. The van der Waals surface area contributed by atoms with E-state index in [-0.39, 0.29) is 5.91 Å². The van der Waals surface area contributed by atoms with Gasteiger partial charge in [-0.3, -0.25) is 4.79 Å². The van der Waals surface area contributed by atoms with E-state index in [1.165, 1.54) is 25.7 Å². The van der Waals surface area contributed by atoms with Gasteiger partial charge >= 0.3 is 0 Å². The first-order chi connectivity index (χ1) is 7.81. The molecule has 1 amide bonds. The monoisotopic (exact) mass is 239 g/mol. The Bertz CT molecular complexity index is 280. The third-order valence-corrected chi connectivity index (χ3v) is 4.61. The molecule has 2 aliphatic rings. The van der Waals surface area contributed by atoms with Crippen molar-refractivity contribution in [2.75, 3.05) is 18.8 Å². The minimum atomic E-state index is 0.289. The first kappa shape index (κ1) is 12.0. The second-order valence-corrected chi connectivity index (χ2v) is 5.87. The van der Waals surface area contributed by atoms with Crippen molar-refractivity contribution in [3.8, 4) is 0 Å². The number of carbonyl (C=O) groups excluding carboxylic acids is 1. The van der Waals surface area contributed by atoms with E-state index in [4.69, 9.17) is 0 Å². The maximum atomic E-state index is 12.1. The zero-order chi connectivity index (χ0) is 11.4. The number of amides is 1. The highest BCUT2D eigenvalue weighted by Gasteiger charge is 2.25. The van der Waals surface area contributed by atoms with Crippen LogP contribution < -0.4 is 0 Å². The van der Waals surface area contributed by atoms with Gasteiger partial charge in [0.15, 0.2) is 0 Å². The van der Waals surface area contributed by atoms with E-state index in [9.17, 15) is 4.79 Å². The van der Waals surface area contributed by atoms with Crippen LogP contribution in [0.4, 0.5) is 0 Å². The Hall–Kier alpha value is -0.440. The lowest BCUT2D eigenvalue weighted by molar-refractivity contribution is -0.127. The van der Waals surface area contributed by atoms with Gasteiger partial charge in [0.25, 0.3) is 5.91 Å². The van der Waals surface area contributed by atoms with Crippen molar-refractivity contribution in [3.63, 3.8) is 0 Å². The number of likely N-dealkylation sites (tertiary alicyclic amines) is 1. The second-order valence-electron chi connectivity index (χ2n) is 4.73. The first-order valence-electron chi connectivity index (χ1n) is 6.43. The van der Waals surface area contributed by atoms with Crippen molar-refractivity contribution in [1.82, 2.24) is 4.90 Å². The van der Waals surface area contributed by atoms with E-state index in [0.717, 1.165) is 36.1 Å². The third-order valence-electron chi connectivity index (χ3n) is 3.51. The van der Waals surface area contributed by atoms with Gasteiger partial charge in [0, 0.05) is 18.8 Å². The molecule has 2 aliphatic heterocycles. The molecule has 16 heavy (non-hydrogen) atoms. The van der Waals surface area contributed by atoms with Crippen molar-refractivity contribution in [2.45, 2.75) is 39.0 Å². The fourth-order valence-electron chi connectivity index (χ4n) is 2.56. The average Bonchev–Trinajstić information content (AvgIpc) is 2.83. The summed E-state index contributed by atoms with van der Waals surface area (Å²) < 4.78 is 0. The summed E-state index contributed by atoms with van der Waals surface area (Å²) in [4.78, 5) is 15.1. The van der Waals surface area contributed by atoms with Crippen LogP contribution in [0.2, 0.25) is 0 Å². The molecule has 1 saturated heterocycles. The second kappa shape index (κ2) is 5.76. The van der Waals surface area contributed by atoms with Crippen molar-refractivity contribution in [1.29, 1.82) is 0 Å². The van der Waals surface area contributed by atoms with Crippen molar-refractivity contribution < 1.29 is 4.79 Å². The number of piperidine rings is 1. The van der Waals surface area contributed by atoms with Gasteiger partial charge in [-0.05, 0) is 25.2 Å². The largest absolute Gasteiger partial charge is 0.338 e. The number of nitrogens with zero attached hydrogens (tertiary/aromatic N) is 1. The van der Waals surface area contributed by atoms with E-state index < -0.39 is 0 Å². The fourth-order valence-corrected chi connectivity index (χ4v) is 3.50. The van der Waals surface area contributed by atoms with Gasteiger partial charge in [0.2, 0.25) is 0 Å². The summed E-state index contributed by atoms with van der Waals surface area (Å²) in [7, 11) is 0. The van der Waals surface area contributed by atoms with Gasteiger partial charge < -0.3 is 4.90 Å². The molecule has 0 aromatic rings. The van der Waals surface area contributed by atoms with Crippen LogP contribution in [0.15, 0.2) is 11.0 Å². The lowest BCUT2D eigenvalue weighted by Crippen LogP contribution is -2.38. The van der Waals surface area contributed by atoms with Crippen LogP contribution >= 0.6 is 11.8 Å². The molecule has 0 unspecified atom stereocenters. The molecule has 0 N–H and O–H groups in total. The Balaban J connectivity index is 1.82. The lowest BCUT2D eigenvalue weighted by Gasteiger charge is -2.32. The van der Waals surface area contributed by atoms with Crippen molar-refractivity contribution in [3.05, 3.63) is 11.0 Å². The highest BCUT2D eigenvalue weighted by atomic mass is 32.2. The predicted molar refractivity (Wildman–Crippen MR) is 69.4 cm³/mol. The van der Waals surface area contributed by atoms with Gasteiger partial charge in [0.05, 0.1) is 4.91 Å². The zero-order valence-electron chi connectivity index (χ0n) is 10.1. The Morgan fingerprint density at radius 2 is 2.25 bits per heavy atom. The molecule has 0 aromatic carbocycles. The molecule has 0 aromatic heterocycles. The molecule has 0 atom stereocenters. The van der Waals surface area contributed by atoms with Gasteiger partial charge in [0.1, 0.15) is 0 Å². The van der Waals surface area contributed by atoms with E-state index in [2.05, 4.69) is 17.9 Å². The lowest BCUT2D eigenvalue weighted by atomic mass is 9.92. The Kier molecular flexibility index (Phi) is 4.33. The summed E-state index contributed by atoms with van der Waals surface area (Å²) in [6.45, 7) is 4.19. The van der Waals surface area contributed by atoms with E-state index in [1.807, 2.05) is 0 Å². The molecule has 2 heterocycles. The molecule has 2 nitrogen and oxygen atoms in total. The molecular formula is C13H21NOS. The van der Waals surface area contributed by atoms with Crippen molar-refractivity contribution >= 4 is 17.7 Å². The molecule has 1 fully saturated rings. The molecule has 0 aliphatic carbocycles. The van der Waals surface area contributed by atoms with Crippen LogP contribution in [-0.4, -0.2) is 29.6 Å². The van der Waals surface area contributed by atoms with E-state index in [0.29, 0.717) is 0 Å². The quantitative estimate of drug-likeness (QED) is 0.754. The van der Waals surface area contributed by atoms with Gasteiger partial charge in [-0.25, -0.2) is 0 Å². The Morgan fingerprint density at radius 3 is 2.81 bits per heavy atom. The summed E-state index contributed by atoms with van der Waals surface area (Å²) in [6.07, 6.45) is 8.19. The smallest absolute Gasteiger partial charge is 0.259 e. The topological polar surface area (TPSA) is 20.3 Å². The van der Waals surface area contributed by atoms with E-state index in [1.54, 1.807) is 11.8 Å². The van der Waals surface area contributed by atoms with Crippen LogP contribution in [0.5, 0.6) is 0 Å². The van der Waals surface area contributed by atoms with Crippen LogP contribution in [0.25, 0.3) is 0 Å². The summed E-state index contributed by atoms with van der Waals surface area (Å²) in [5, 5.41) is 0. The maximum Gasteiger partial charge on any atom is 0.259 e. The summed E-state index contributed by atoms with van der Waals surface area (Å²) in [6, 6.07) is 0. The molecule has 0 bridgehead atoms. The number of hydrogen-bond donors (Lipinski definition) is 0. The molecular weight excluding hydrogens is 218 g/mol. The minimum Gasteiger partial charge on any atom is -0.338 e. The fraction of sp³-hybridized carbons (Fsp3) is 0.769. The number of hydrogen-bond acceptors (Lipinski definition) is 2. The van der Waals surface area contributed by atoms with Crippen LogP contribution in [-0.2, 0) is 4.79 Å². The third kappa shape index (κ3) is 2.82.